The van der Waals surface area contributed by atoms with Gasteiger partial charge >= 0.3 is 0 Å². The molecule has 1 aromatic heterocycles. The van der Waals surface area contributed by atoms with Gasteiger partial charge in [0.15, 0.2) is 8.68 Å². The van der Waals surface area contributed by atoms with Crippen molar-refractivity contribution in [3.8, 4) is 0 Å². The van der Waals surface area contributed by atoms with Gasteiger partial charge in [0, 0.05) is 6.04 Å². The van der Waals surface area contributed by atoms with Crippen LogP contribution in [0.5, 0.6) is 0 Å². The molecular formula is C10H15ClN2O3S2. The third-order valence-corrected chi connectivity index (χ3v) is 6.37. The zero-order valence-electron chi connectivity index (χ0n) is 9.89. The van der Waals surface area contributed by atoms with E-state index in [-0.39, 0.29) is 8.68 Å². The summed E-state index contributed by atoms with van der Waals surface area (Å²) in [6.45, 7) is 1.61. The molecule has 8 heteroatoms. The molecule has 1 saturated carbocycles. The number of aliphatic hydroxyl groups excluding tert-OH is 1. The maximum atomic E-state index is 12.2. The number of hydrogen-bond acceptors (Lipinski definition) is 5. The van der Waals surface area contributed by atoms with Gasteiger partial charge in [-0.3, -0.25) is 0 Å². The Bertz CT molecular complexity index is 529. The van der Waals surface area contributed by atoms with Gasteiger partial charge in [0.1, 0.15) is 0 Å². The standard InChI is InChI=1S/C10H15ClN2O3S2/c1-6-9(17-10(11)12-6)18(15,16)13-7-4-2-3-5-8(7)14/h7-8,13-14H,2-5H2,1H3. The lowest BCUT2D eigenvalue weighted by Gasteiger charge is -2.27. The normalized spacial score (nSPS) is 25.3. The van der Waals surface area contributed by atoms with Crippen LogP contribution >= 0.6 is 22.9 Å². The van der Waals surface area contributed by atoms with Crippen molar-refractivity contribution >= 4 is 33.0 Å². The molecule has 1 aromatic rings. The summed E-state index contributed by atoms with van der Waals surface area (Å²) in [6.07, 6.45) is 2.54. The van der Waals surface area contributed by atoms with E-state index in [1.165, 1.54) is 0 Å². The van der Waals surface area contributed by atoms with E-state index in [2.05, 4.69) is 9.71 Å². The smallest absolute Gasteiger partial charge is 0.252 e. The summed E-state index contributed by atoms with van der Waals surface area (Å²) in [6, 6.07) is -0.413. The average Bonchev–Trinajstić information content (AvgIpc) is 2.62. The Morgan fingerprint density at radius 2 is 2.11 bits per heavy atom. The van der Waals surface area contributed by atoms with Crippen LogP contribution in [-0.2, 0) is 10.0 Å². The fourth-order valence-electron chi connectivity index (χ4n) is 2.10. The highest BCUT2D eigenvalue weighted by molar-refractivity contribution is 7.91. The minimum atomic E-state index is -3.64. The SMILES string of the molecule is Cc1nc(Cl)sc1S(=O)(=O)NC1CCCCC1O. The second-order valence-electron chi connectivity index (χ2n) is 4.42. The highest BCUT2D eigenvalue weighted by atomic mass is 35.5. The van der Waals surface area contributed by atoms with Gasteiger partial charge in [0.2, 0.25) is 0 Å². The first-order chi connectivity index (χ1) is 8.40. The second-order valence-corrected chi connectivity index (χ2v) is 7.91. The lowest BCUT2D eigenvalue weighted by molar-refractivity contribution is 0.101. The zero-order valence-corrected chi connectivity index (χ0v) is 12.3. The highest BCUT2D eigenvalue weighted by Crippen LogP contribution is 2.28. The molecule has 2 atom stereocenters. The third-order valence-electron chi connectivity index (χ3n) is 3.01. The van der Waals surface area contributed by atoms with Crippen molar-refractivity contribution in [1.82, 2.24) is 9.71 Å². The molecule has 1 aliphatic carbocycles. The van der Waals surface area contributed by atoms with Crippen LogP contribution in [0, 0.1) is 6.92 Å². The molecule has 2 unspecified atom stereocenters. The molecule has 5 nitrogen and oxygen atoms in total. The maximum absolute atomic E-state index is 12.2. The number of nitrogens with one attached hydrogen (secondary N) is 1. The van der Waals surface area contributed by atoms with Crippen molar-refractivity contribution in [1.29, 1.82) is 0 Å². The van der Waals surface area contributed by atoms with Crippen molar-refractivity contribution < 1.29 is 13.5 Å². The van der Waals surface area contributed by atoms with Crippen LogP contribution in [0.4, 0.5) is 0 Å². The van der Waals surface area contributed by atoms with Gasteiger partial charge in [-0.2, -0.15) is 0 Å². The van der Waals surface area contributed by atoms with E-state index in [0.717, 1.165) is 24.2 Å². The lowest BCUT2D eigenvalue weighted by Crippen LogP contribution is -2.44. The summed E-state index contributed by atoms with van der Waals surface area (Å²) >= 11 is 6.64. The number of sulfonamides is 1. The molecule has 0 radical (unpaired) electrons. The lowest BCUT2D eigenvalue weighted by atomic mass is 9.93. The number of halogens is 1. The van der Waals surface area contributed by atoms with Crippen molar-refractivity contribution in [3.05, 3.63) is 10.2 Å². The summed E-state index contributed by atoms with van der Waals surface area (Å²) in [7, 11) is -3.64. The molecule has 0 aromatic carbocycles. The van der Waals surface area contributed by atoms with Gasteiger partial charge in [0.05, 0.1) is 11.8 Å². The molecule has 2 N–H and O–H groups in total. The Morgan fingerprint density at radius 1 is 1.44 bits per heavy atom. The number of aryl methyl sites for hydroxylation is 1. The van der Waals surface area contributed by atoms with Gasteiger partial charge in [-0.05, 0) is 19.8 Å². The van der Waals surface area contributed by atoms with Gasteiger partial charge < -0.3 is 5.11 Å². The van der Waals surface area contributed by atoms with Crippen molar-refractivity contribution in [2.75, 3.05) is 0 Å². The number of aromatic nitrogens is 1. The minimum Gasteiger partial charge on any atom is -0.391 e. The number of aliphatic hydroxyl groups is 1. The first kappa shape index (κ1) is 14.2. The monoisotopic (exact) mass is 310 g/mol. The predicted molar refractivity (Wildman–Crippen MR) is 70.4 cm³/mol. The van der Waals surface area contributed by atoms with E-state index in [1.54, 1.807) is 6.92 Å². The van der Waals surface area contributed by atoms with E-state index < -0.39 is 22.2 Å². The van der Waals surface area contributed by atoms with Crippen LogP contribution < -0.4 is 4.72 Å². The first-order valence-electron chi connectivity index (χ1n) is 5.73. The molecule has 1 heterocycles. The van der Waals surface area contributed by atoms with Gasteiger partial charge in [-0.1, -0.05) is 35.8 Å². The van der Waals surface area contributed by atoms with Crippen LogP contribution in [0.3, 0.4) is 0 Å². The van der Waals surface area contributed by atoms with E-state index in [1.807, 2.05) is 0 Å². The topological polar surface area (TPSA) is 79.3 Å². The molecule has 0 bridgehead atoms. The Labute approximate surface area is 115 Å². The molecule has 102 valence electrons. The number of thiazole rings is 1. The Hall–Kier alpha value is -0.210. The minimum absolute atomic E-state index is 0.130. The first-order valence-corrected chi connectivity index (χ1v) is 8.41. The van der Waals surface area contributed by atoms with Crippen molar-refractivity contribution in [2.24, 2.45) is 0 Å². The molecule has 2 rings (SSSR count). The quantitative estimate of drug-likeness (QED) is 0.890. The fraction of sp³-hybridized carbons (Fsp3) is 0.700. The predicted octanol–water partition coefficient (Wildman–Crippen LogP) is 1.69. The van der Waals surface area contributed by atoms with Crippen LogP contribution in [0.25, 0.3) is 0 Å². The number of hydrogen-bond donors (Lipinski definition) is 2. The van der Waals surface area contributed by atoms with E-state index in [9.17, 15) is 13.5 Å². The van der Waals surface area contributed by atoms with E-state index in [4.69, 9.17) is 11.6 Å². The number of nitrogens with zero attached hydrogens (tertiary/aromatic N) is 1. The van der Waals surface area contributed by atoms with Crippen LogP contribution in [0.1, 0.15) is 31.4 Å². The maximum Gasteiger partial charge on any atom is 0.252 e. The average molecular weight is 311 g/mol. The Balaban J connectivity index is 2.19. The molecule has 0 amide bonds. The summed E-state index contributed by atoms with van der Waals surface area (Å²) in [5.74, 6) is 0. The molecule has 0 aliphatic heterocycles. The summed E-state index contributed by atoms with van der Waals surface area (Å²) in [5, 5.41) is 9.79. The molecular weight excluding hydrogens is 296 g/mol. The number of rotatable bonds is 3. The fourth-order valence-corrected chi connectivity index (χ4v) is 5.16. The van der Waals surface area contributed by atoms with Gasteiger partial charge in [0.25, 0.3) is 10.0 Å². The Morgan fingerprint density at radius 3 is 2.67 bits per heavy atom. The molecule has 0 spiro atoms. The summed E-state index contributed by atoms with van der Waals surface area (Å²) in [4.78, 5) is 3.89. The van der Waals surface area contributed by atoms with E-state index >= 15 is 0 Å². The Kier molecular flexibility index (Phi) is 4.28. The van der Waals surface area contributed by atoms with Gasteiger partial charge in [-0.15, -0.1) is 0 Å². The third kappa shape index (κ3) is 3.03. The van der Waals surface area contributed by atoms with Crippen molar-refractivity contribution in [2.45, 2.75) is 49.0 Å². The van der Waals surface area contributed by atoms with Crippen molar-refractivity contribution in [3.63, 3.8) is 0 Å². The summed E-state index contributed by atoms with van der Waals surface area (Å²) < 4.78 is 27.2. The second kappa shape index (κ2) is 5.42. The summed E-state index contributed by atoms with van der Waals surface area (Å²) in [5.41, 5.74) is 0.391. The van der Waals surface area contributed by atoms with Crippen LogP contribution in [0.2, 0.25) is 4.47 Å². The van der Waals surface area contributed by atoms with E-state index in [0.29, 0.717) is 18.5 Å². The molecule has 18 heavy (non-hydrogen) atoms. The van der Waals surface area contributed by atoms with Crippen LogP contribution in [-0.4, -0.2) is 30.7 Å². The van der Waals surface area contributed by atoms with Gasteiger partial charge in [-0.25, -0.2) is 18.1 Å². The molecule has 1 fully saturated rings. The van der Waals surface area contributed by atoms with Crippen LogP contribution in [0.15, 0.2) is 4.21 Å². The largest absolute Gasteiger partial charge is 0.391 e. The molecule has 1 aliphatic rings. The zero-order chi connectivity index (χ0) is 13.3. The highest BCUT2D eigenvalue weighted by Gasteiger charge is 2.30. The molecule has 0 saturated heterocycles.